The van der Waals surface area contributed by atoms with Gasteiger partial charge in [-0.25, -0.2) is 0 Å². The average Bonchev–Trinajstić information content (AvgIpc) is 2.99. The fourth-order valence-electron chi connectivity index (χ4n) is 2.55. The molecule has 0 atom stereocenters. The molecule has 0 amide bonds. The van der Waals surface area contributed by atoms with Crippen LogP contribution in [0.2, 0.25) is 0 Å². The second-order valence-corrected chi connectivity index (χ2v) is 4.92. The van der Waals surface area contributed by atoms with Gasteiger partial charge in [0.15, 0.2) is 11.5 Å². The fourth-order valence-corrected chi connectivity index (χ4v) is 2.55. The molecule has 2 heterocycles. The number of pyridine rings is 1. The van der Waals surface area contributed by atoms with Gasteiger partial charge in [0.2, 0.25) is 0 Å². The maximum Gasteiger partial charge on any atom is 0.269 e. The summed E-state index contributed by atoms with van der Waals surface area (Å²) in [4.78, 5) is 10.3. The molecule has 0 saturated carbocycles. The van der Waals surface area contributed by atoms with E-state index in [9.17, 15) is 10.1 Å². The molecule has 0 unspecified atom stereocenters. The molecule has 0 N–H and O–H groups in total. The molecule has 0 fully saturated rings. The minimum Gasteiger partial charge on any atom is -0.282 e. The van der Waals surface area contributed by atoms with E-state index in [0.29, 0.717) is 5.82 Å². The second kappa shape index (κ2) is 4.63. The summed E-state index contributed by atoms with van der Waals surface area (Å²) in [7, 11) is 0. The lowest BCUT2D eigenvalue weighted by molar-refractivity contribution is -0.384. The van der Waals surface area contributed by atoms with Crippen LogP contribution in [0.15, 0.2) is 60.8 Å². The molecule has 0 radical (unpaired) electrons. The first-order valence-corrected chi connectivity index (χ1v) is 6.71. The number of hydrogen-bond donors (Lipinski definition) is 0. The molecule has 2 aromatic carbocycles. The molecule has 0 aliphatic heterocycles. The zero-order valence-electron chi connectivity index (χ0n) is 11.4. The first-order chi connectivity index (χ1) is 10.7. The second-order valence-electron chi connectivity index (χ2n) is 4.92. The van der Waals surface area contributed by atoms with E-state index in [1.165, 1.54) is 12.1 Å². The van der Waals surface area contributed by atoms with E-state index >= 15 is 0 Å². The SMILES string of the molecule is O=[N+]([O-])c1ccc(-c2nnc3c4ccccc4ccn23)cc1. The molecule has 0 aliphatic carbocycles. The molecule has 22 heavy (non-hydrogen) atoms. The Morgan fingerprint density at radius 1 is 0.955 bits per heavy atom. The highest BCUT2D eigenvalue weighted by molar-refractivity contribution is 5.94. The molecule has 6 heteroatoms. The average molecular weight is 290 g/mol. The molecule has 0 spiro atoms. The summed E-state index contributed by atoms with van der Waals surface area (Å²) in [5.41, 5.74) is 1.61. The van der Waals surface area contributed by atoms with Crippen molar-refractivity contribution in [3.05, 3.63) is 70.9 Å². The quantitative estimate of drug-likeness (QED) is 0.418. The van der Waals surface area contributed by atoms with Crippen LogP contribution in [0.5, 0.6) is 0 Å². The minimum atomic E-state index is -0.417. The van der Waals surface area contributed by atoms with Gasteiger partial charge in [0.25, 0.3) is 5.69 Å². The van der Waals surface area contributed by atoms with E-state index in [0.717, 1.165) is 22.0 Å². The van der Waals surface area contributed by atoms with E-state index in [4.69, 9.17) is 0 Å². The molecular formula is C16H10N4O2. The van der Waals surface area contributed by atoms with Gasteiger partial charge in [0, 0.05) is 29.3 Å². The van der Waals surface area contributed by atoms with E-state index in [-0.39, 0.29) is 5.69 Å². The molecule has 0 aliphatic rings. The summed E-state index contributed by atoms with van der Waals surface area (Å²) in [6, 6.07) is 16.3. The Morgan fingerprint density at radius 2 is 1.73 bits per heavy atom. The highest BCUT2D eigenvalue weighted by Crippen LogP contribution is 2.25. The van der Waals surface area contributed by atoms with Gasteiger partial charge in [-0.05, 0) is 23.6 Å². The molecule has 106 valence electrons. The van der Waals surface area contributed by atoms with E-state index in [1.54, 1.807) is 12.1 Å². The molecule has 4 aromatic rings. The predicted octanol–water partition coefficient (Wildman–Crippen LogP) is 3.46. The summed E-state index contributed by atoms with van der Waals surface area (Å²) in [6.45, 7) is 0. The number of hydrogen-bond acceptors (Lipinski definition) is 4. The lowest BCUT2D eigenvalue weighted by atomic mass is 10.1. The lowest BCUT2D eigenvalue weighted by Crippen LogP contribution is -1.91. The van der Waals surface area contributed by atoms with Gasteiger partial charge in [0.05, 0.1) is 4.92 Å². The smallest absolute Gasteiger partial charge is 0.269 e. The van der Waals surface area contributed by atoms with Crippen molar-refractivity contribution >= 4 is 22.1 Å². The number of aromatic nitrogens is 3. The number of non-ortho nitro benzene ring substituents is 1. The molecular weight excluding hydrogens is 280 g/mol. The van der Waals surface area contributed by atoms with Crippen LogP contribution in [0.3, 0.4) is 0 Å². The van der Waals surface area contributed by atoms with Gasteiger partial charge < -0.3 is 0 Å². The Hall–Kier alpha value is -3.28. The van der Waals surface area contributed by atoms with Crippen molar-refractivity contribution in [2.75, 3.05) is 0 Å². The number of nitro groups is 1. The van der Waals surface area contributed by atoms with Crippen LogP contribution in [0.1, 0.15) is 0 Å². The van der Waals surface area contributed by atoms with Crippen molar-refractivity contribution in [3.8, 4) is 11.4 Å². The van der Waals surface area contributed by atoms with Gasteiger partial charge in [-0.15, -0.1) is 10.2 Å². The monoisotopic (exact) mass is 290 g/mol. The highest BCUT2D eigenvalue weighted by Gasteiger charge is 2.12. The lowest BCUT2D eigenvalue weighted by Gasteiger charge is -2.02. The van der Waals surface area contributed by atoms with Crippen LogP contribution in [0.4, 0.5) is 5.69 Å². The Labute approximate surface area is 124 Å². The van der Waals surface area contributed by atoms with Gasteiger partial charge >= 0.3 is 0 Å². The standard InChI is InChI=1S/C16H10N4O2/c21-20(22)13-7-5-12(6-8-13)15-17-18-16-14-4-2-1-3-11(14)9-10-19(15)16/h1-10H. The minimum absolute atomic E-state index is 0.0584. The van der Waals surface area contributed by atoms with Crippen molar-refractivity contribution in [1.29, 1.82) is 0 Å². The number of nitrogens with zero attached hydrogens (tertiary/aromatic N) is 4. The number of benzene rings is 2. The number of rotatable bonds is 2. The normalized spacial score (nSPS) is 11.1. The fraction of sp³-hybridized carbons (Fsp3) is 0. The van der Waals surface area contributed by atoms with Crippen LogP contribution >= 0.6 is 0 Å². The van der Waals surface area contributed by atoms with E-state index in [1.807, 2.05) is 40.9 Å². The Morgan fingerprint density at radius 3 is 2.50 bits per heavy atom. The largest absolute Gasteiger partial charge is 0.282 e. The summed E-state index contributed by atoms with van der Waals surface area (Å²) in [5.74, 6) is 0.663. The van der Waals surface area contributed by atoms with Crippen LogP contribution in [0.25, 0.3) is 27.8 Å². The maximum atomic E-state index is 10.7. The van der Waals surface area contributed by atoms with Gasteiger partial charge in [-0.2, -0.15) is 0 Å². The Bertz CT molecular complexity index is 1010. The predicted molar refractivity (Wildman–Crippen MR) is 82.6 cm³/mol. The zero-order chi connectivity index (χ0) is 15.1. The summed E-state index contributed by atoms with van der Waals surface area (Å²) in [5, 5.41) is 21.3. The third-order valence-electron chi connectivity index (χ3n) is 3.64. The Kier molecular flexibility index (Phi) is 2.62. The summed E-state index contributed by atoms with van der Waals surface area (Å²) < 4.78 is 1.89. The molecule has 4 rings (SSSR count). The van der Waals surface area contributed by atoms with Crippen LogP contribution in [0, 0.1) is 10.1 Å². The van der Waals surface area contributed by atoms with Crippen molar-refractivity contribution in [2.45, 2.75) is 0 Å². The molecule has 6 nitrogen and oxygen atoms in total. The maximum absolute atomic E-state index is 10.7. The molecule has 2 aromatic heterocycles. The molecule has 0 bridgehead atoms. The number of fused-ring (bicyclic) bond motifs is 3. The first kappa shape index (κ1) is 12.5. The molecule has 0 saturated heterocycles. The summed E-state index contributed by atoms with van der Waals surface area (Å²) in [6.07, 6.45) is 1.91. The van der Waals surface area contributed by atoms with E-state index < -0.39 is 4.92 Å². The third-order valence-corrected chi connectivity index (χ3v) is 3.64. The van der Waals surface area contributed by atoms with Crippen LogP contribution < -0.4 is 0 Å². The summed E-state index contributed by atoms with van der Waals surface area (Å²) >= 11 is 0. The first-order valence-electron chi connectivity index (χ1n) is 6.71. The topological polar surface area (TPSA) is 73.3 Å². The van der Waals surface area contributed by atoms with Crippen molar-refractivity contribution in [1.82, 2.24) is 14.6 Å². The van der Waals surface area contributed by atoms with Crippen molar-refractivity contribution in [2.24, 2.45) is 0 Å². The van der Waals surface area contributed by atoms with E-state index in [2.05, 4.69) is 10.2 Å². The number of nitro benzene ring substituents is 1. The Balaban J connectivity index is 1.92. The highest BCUT2D eigenvalue weighted by atomic mass is 16.6. The van der Waals surface area contributed by atoms with Gasteiger partial charge in [-0.3, -0.25) is 14.5 Å². The van der Waals surface area contributed by atoms with Gasteiger partial charge in [-0.1, -0.05) is 24.3 Å². The van der Waals surface area contributed by atoms with Crippen LogP contribution in [-0.2, 0) is 0 Å². The van der Waals surface area contributed by atoms with Crippen molar-refractivity contribution in [3.63, 3.8) is 0 Å². The third kappa shape index (κ3) is 1.81. The van der Waals surface area contributed by atoms with Gasteiger partial charge in [0.1, 0.15) is 0 Å². The zero-order valence-corrected chi connectivity index (χ0v) is 11.4. The van der Waals surface area contributed by atoms with Crippen LogP contribution in [-0.4, -0.2) is 19.5 Å². The van der Waals surface area contributed by atoms with Crippen molar-refractivity contribution < 1.29 is 4.92 Å².